The number of thioether (sulfide) groups is 1. The summed E-state index contributed by atoms with van der Waals surface area (Å²) in [5.74, 6) is 0.331. The standard InChI is InChI=1S/C17H18ClNO2S/c1-12(13-7-9-14(22-2)10-8-13)19-17(20)11-21-16-6-4-3-5-15(16)18/h3-10,12H,11H2,1-2H3,(H,19,20). The zero-order valence-corrected chi connectivity index (χ0v) is 14.1. The highest BCUT2D eigenvalue weighted by molar-refractivity contribution is 7.98. The van der Waals surface area contributed by atoms with E-state index in [9.17, 15) is 4.79 Å². The first kappa shape index (κ1) is 16.7. The Labute approximate surface area is 140 Å². The van der Waals surface area contributed by atoms with Gasteiger partial charge in [-0.05, 0) is 43.0 Å². The molecule has 0 aromatic heterocycles. The molecule has 0 aliphatic heterocycles. The zero-order chi connectivity index (χ0) is 15.9. The Kier molecular flexibility index (Phi) is 6.16. The Hall–Kier alpha value is -1.65. The van der Waals surface area contributed by atoms with Crippen molar-refractivity contribution in [2.75, 3.05) is 12.9 Å². The molecule has 1 unspecified atom stereocenters. The number of hydrogen-bond acceptors (Lipinski definition) is 3. The molecule has 0 radical (unpaired) electrons. The summed E-state index contributed by atoms with van der Waals surface area (Å²) in [4.78, 5) is 13.1. The van der Waals surface area contributed by atoms with Gasteiger partial charge in [0, 0.05) is 4.90 Å². The molecular weight excluding hydrogens is 318 g/mol. The lowest BCUT2D eigenvalue weighted by Gasteiger charge is -2.15. The third-order valence-corrected chi connectivity index (χ3v) is 4.24. The fourth-order valence-electron chi connectivity index (χ4n) is 1.96. The molecule has 2 aromatic carbocycles. The number of benzene rings is 2. The Bertz CT molecular complexity index is 631. The average Bonchev–Trinajstić information content (AvgIpc) is 2.54. The van der Waals surface area contributed by atoms with E-state index in [0.717, 1.165) is 5.56 Å². The number of rotatable bonds is 6. The highest BCUT2D eigenvalue weighted by Crippen LogP contribution is 2.23. The van der Waals surface area contributed by atoms with Crippen LogP contribution in [0.3, 0.4) is 0 Å². The van der Waals surface area contributed by atoms with E-state index in [1.807, 2.05) is 49.6 Å². The molecule has 0 aliphatic carbocycles. The summed E-state index contributed by atoms with van der Waals surface area (Å²) in [5, 5.41) is 3.41. The van der Waals surface area contributed by atoms with E-state index in [0.29, 0.717) is 10.8 Å². The summed E-state index contributed by atoms with van der Waals surface area (Å²) in [7, 11) is 0. The molecule has 0 saturated carbocycles. The maximum atomic E-state index is 12.0. The lowest BCUT2D eigenvalue weighted by Crippen LogP contribution is -2.31. The number of hydrogen-bond donors (Lipinski definition) is 1. The van der Waals surface area contributed by atoms with Crippen LogP contribution in [0.2, 0.25) is 5.02 Å². The second kappa shape index (κ2) is 8.11. The van der Waals surface area contributed by atoms with Crippen LogP contribution in [0.4, 0.5) is 0 Å². The predicted molar refractivity (Wildman–Crippen MR) is 91.7 cm³/mol. The van der Waals surface area contributed by atoms with Crippen LogP contribution in [-0.4, -0.2) is 18.8 Å². The van der Waals surface area contributed by atoms with E-state index in [2.05, 4.69) is 5.32 Å². The van der Waals surface area contributed by atoms with Gasteiger partial charge in [-0.25, -0.2) is 0 Å². The maximum absolute atomic E-state index is 12.0. The number of amides is 1. The van der Waals surface area contributed by atoms with Gasteiger partial charge in [-0.2, -0.15) is 0 Å². The Morgan fingerprint density at radius 1 is 1.23 bits per heavy atom. The number of carbonyl (C=O) groups is 1. The molecule has 1 amide bonds. The quantitative estimate of drug-likeness (QED) is 0.799. The smallest absolute Gasteiger partial charge is 0.258 e. The van der Waals surface area contributed by atoms with Gasteiger partial charge in [-0.1, -0.05) is 35.9 Å². The number of halogens is 1. The number of nitrogens with one attached hydrogen (secondary N) is 1. The van der Waals surface area contributed by atoms with Gasteiger partial charge in [-0.3, -0.25) is 4.79 Å². The molecule has 0 aliphatic rings. The van der Waals surface area contributed by atoms with E-state index in [1.54, 1.807) is 23.9 Å². The molecule has 2 rings (SSSR count). The largest absolute Gasteiger partial charge is 0.482 e. The predicted octanol–water partition coefficient (Wildman–Crippen LogP) is 4.32. The summed E-state index contributed by atoms with van der Waals surface area (Å²) in [6, 6.07) is 15.1. The van der Waals surface area contributed by atoms with Crippen molar-refractivity contribution >= 4 is 29.3 Å². The summed E-state index contributed by atoms with van der Waals surface area (Å²) in [5.41, 5.74) is 1.06. The van der Waals surface area contributed by atoms with Crippen molar-refractivity contribution in [3.05, 3.63) is 59.1 Å². The van der Waals surface area contributed by atoms with E-state index < -0.39 is 0 Å². The minimum atomic E-state index is -0.179. The average molecular weight is 336 g/mol. The molecule has 1 atom stereocenters. The third-order valence-electron chi connectivity index (χ3n) is 3.19. The van der Waals surface area contributed by atoms with Crippen molar-refractivity contribution in [1.82, 2.24) is 5.32 Å². The lowest BCUT2D eigenvalue weighted by molar-refractivity contribution is -0.123. The lowest BCUT2D eigenvalue weighted by atomic mass is 10.1. The SMILES string of the molecule is CSc1ccc(C(C)NC(=O)COc2ccccc2Cl)cc1. The van der Waals surface area contributed by atoms with Crippen molar-refractivity contribution in [1.29, 1.82) is 0 Å². The van der Waals surface area contributed by atoms with Crippen molar-refractivity contribution in [3.63, 3.8) is 0 Å². The van der Waals surface area contributed by atoms with Crippen LogP contribution in [-0.2, 0) is 4.79 Å². The van der Waals surface area contributed by atoms with Gasteiger partial charge in [0.1, 0.15) is 5.75 Å². The first-order valence-corrected chi connectivity index (χ1v) is 8.51. The fourth-order valence-corrected chi connectivity index (χ4v) is 2.56. The van der Waals surface area contributed by atoms with Crippen LogP contribution in [0.5, 0.6) is 5.75 Å². The number of carbonyl (C=O) groups excluding carboxylic acids is 1. The molecule has 0 spiro atoms. The minimum absolute atomic E-state index is 0.0586. The van der Waals surface area contributed by atoms with Crippen molar-refractivity contribution in [3.8, 4) is 5.75 Å². The first-order chi connectivity index (χ1) is 10.6. The minimum Gasteiger partial charge on any atom is -0.482 e. The molecule has 1 N–H and O–H groups in total. The number of para-hydroxylation sites is 1. The Morgan fingerprint density at radius 3 is 2.55 bits per heavy atom. The topological polar surface area (TPSA) is 38.3 Å². The molecule has 5 heteroatoms. The van der Waals surface area contributed by atoms with Gasteiger partial charge in [0.05, 0.1) is 11.1 Å². The van der Waals surface area contributed by atoms with E-state index in [4.69, 9.17) is 16.3 Å². The Balaban J connectivity index is 1.87. The van der Waals surface area contributed by atoms with Gasteiger partial charge in [0.2, 0.25) is 0 Å². The summed E-state index contributed by atoms with van der Waals surface area (Å²) >= 11 is 7.67. The summed E-state index contributed by atoms with van der Waals surface area (Å²) in [6.07, 6.45) is 2.03. The molecule has 0 saturated heterocycles. The maximum Gasteiger partial charge on any atom is 0.258 e. The Morgan fingerprint density at radius 2 is 1.91 bits per heavy atom. The van der Waals surface area contributed by atoms with E-state index in [-0.39, 0.29) is 18.6 Å². The van der Waals surface area contributed by atoms with Gasteiger partial charge in [-0.15, -0.1) is 11.8 Å². The number of ether oxygens (including phenoxy) is 1. The highest BCUT2D eigenvalue weighted by atomic mass is 35.5. The first-order valence-electron chi connectivity index (χ1n) is 6.91. The van der Waals surface area contributed by atoms with Crippen LogP contribution < -0.4 is 10.1 Å². The molecule has 0 fully saturated rings. The van der Waals surface area contributed by atoms with Gasteiger partial charge < -0.3 is 10.1 Å². The summed E-state index contributed by atoms with van der Waals surface area (Å²) < 4.78 is 5.42. The normalized spacial score (nSPS) is 11.8. The molecule has 116 valence electrons. The molecule has 0 heterocycles. The van der Waals surface area contributed by atoms with Crippen molar-refractivity contribution < 1.29 is 9.53 Å². The van der Waals surface area contributed by atoms with E-state index >= 15 is 0 Å². The van der Waals surface area contributed by atoms with Crippen LogP contribution >= 0.6 is 23.4 Å². The molecule has 2 aromatic rings. The molecular formula is C17H18ClNO2S. The van der Waals surface area contributed by atoms with Crippen LogP contribution in [0, 0.1) is 0 Å². The van der Waals surface area contributed by atoms with Gasteiger partial charge in [0.25, 0.3) is 5.91 Å². The highest BCUT2D eigenvalue weighted by Gasteiger charge is 2.11. The van der Waals surface area contributed by atoms with Gasteiger partial charge in [0.15, 0.2) is 6.61 Å². The zero-order valence-electron chi connectivity index (χ0n) is 12.5. The second-order valence-corrected chi connectivity index (χ2v) is 6.07. The van der Waals surface area contributed by atoms with Crippen LogP contribution in [0.15, 0.2) is 53.4 Å². The van der Waals surface area contributed by atoms with Crippen LogP contribution in [0.25, 0.3) is 0 Å². The molecule has 0 bridgehead atoms. The van der Waals surface area contributed by atoms with Crippen molar-refractivity contribution in [2.45, 2.75) is 17.9 Å². The summed E-state index contributed by atoms with van der Waals surface area (Å²) in [6.45, 7) is 1.89. The fraction of sp³-hybridized carbons (Fsp3) is 0.235. The van der Waals surface area contributed by atoms with Crippen LogP contribution in [0.1, 0.15) is 18.5 Å². The van der Waals surface area contributed by atoms with Crippen molar-refractivity contribution in [2.24, 2.45) is 0 Å². The third kappa shape index (κ3) is 4.68. The second-order valence-electron chi connectivity index (χ2n) is 4.78. The molecule has 3 nitrogen and oxygen atoms in total. The monoisotopic (exact) mass is 335 g/mol. The molecule has 22 heavy (non-hydrogen) atoms. The van der Waals surface area contributed by atoms with Gasteiger partial charge >= 0.3 is 0 Å². The van der Waals surface area contributed by atoms with E-state index in [1.165, 1.54) is 4.90 Å².